The maximum Gasteiger partial charge on any atom is 0.223 e. The average molecular weight is 366 g/mol. The highest BCUT2D eigenvalue weighted by Gasteiger charge is 2.12. The molecular formula is C12H8BrCl2FN2O. The minimum absolute atomic E-state index is 0.0992. The third kappa shape index (κ3) is 3.36. The molecule has 0 radical (unpaired) electrons. The molecule has 0 saturated carbocycles. The van der Waals surface area contributed by atoms with Crippen LogP contribution in [0.4, 0.5) is 4.39 Å². The van der Waals surface area contributed by atoms with Gasteiger partial charge in [-0.1, -0.05) is 23.2 Å². The number of halogens is 4. The molecule has 100 valence electrons. The van der Waals surface area contributed by atoms with Crippen molar-refractivity contribution in [2.24, 2.45) is 5.73 Å². The maximum atomic E-state index is 13.0. The number of nitrogens with zero attached hydrogens (tertiary/aromatic N) is 1. The minimum Gasteiger partial charge on any atom is -0.437 e. The summed E-state index contributed by atoms with van der Waals surface area (Å²) < 4.78 is 19.2. The smallest absolute Gasteiger partial charge is 0.223 e. The fourth-order valence-corrected chi connectivity index (χ4v) is 2.22. The monoisotopic (exact) mass is 364 g/mol. The summed E-state index contributed by atoms with van der Waals surface area (Å²) in [7, 11) is 0. The summed E-state index contributed by atoms with van der Waals surface area (Å²) in [6.45, 7) is 0.0992. The summed E-state index contributed by atoms with van der Waals surface area (Å²) in [6, 6.07) is 4.40. The van der Waals surface area contributed by atoms with Gasteiger partial charge >= 0.3 is 0 Å². The topological polar surface area (TPSA) is 48.1 Å². The minimum atomic E-state index is -0.479. The summed E-state index contributed by atoms with van der Waals surface area (Å²) >= 11 is 15.2. The normalized spacial score (nSPS) is 10.6. The van der Waals surface area contributed by atoms with E-state index in [-0.39, 0.29) is 12.4 Å². The second-order valence-electron chi connectivity index (χ2n) is 3.62. The van der Waals surface area contributed by atoms with Crippen LogP contribution < -0.4 is 10.5 Å². The fraction of sp³-hybridized carbons (Fsp3) is 0.0833. The van der Waals surface area contributed by atoms with Gasteiger partial charge in [0, 0.05) is 22.6 Å². The van der Waals surface area contributed by atoms with Crippen molar-refractivity contribution >= 4 is 39.1 Å². The largest absolute Gasteiger partial charge is 0.437 e. The van der Waals surface area contributed by atoms with E-state index in [1.54, 1.807) is 12.1 Å². The summed E-state index contributed by atoms with van der Waals surface area (Å²) in [5, 5.41) is 0.793. The van der Waals surface area contributed by atoms with Crippen molar-refractivity contribution in [3.63, 3.8) is 0 Å². The molecule has 0 fully saturated rings. The van der Waals surface area contributed by atoms with Crippen LogP contribution in [-0.2, 0) is 6.54 Å². The number of pyridine rings is 1. The zero-order valence-electron chi connectivity index (χ0n) is 9.46. The molecule has 1 aromatic carbocycles. The molecule has 0 aliphatic rings. The van der Waals surface area contributed by atoms with Gasteiger partial charge in [-0.3, -0.25) is 0 Å². The molecule has 2 rings (SSSR count). The second-order valence-corrected chi connectivity index (χ2v) is 5.29. The first-order valence-electron chi connectivity index (χ1n) is 5.18. The quantitative estimate of drug-likeness (QED) is 0.812. The number of ether oxygens (including phenoxy) is 1. The van der Waals surface area contributed by atoms with Crippen molar-refractivity contribution in [2.45, 2.75) is 6.54 Å². The van der Waals surface area contributed by atoms with Crippen LogP contribution in [0.5, 0.6) is 11.6 Å². The molecule has 1 aromatic heterocycles. The second kappa shape index (κ2) is 6.05. The molecule has 19 heavy (non-hydrogen) atoms. The number of rotatable bonds is 3. The third-order valence-corrected chi connectivity index (χ3v) is 3.79. The molecule has 0 aliphatic heterocycles. The van der Waals surface area contributed by atoms with Crippen LogP contribution in [0.2, 0.25) is 10.0 Å². The van der Waals surface area contributed by atoms with E-state index in [0.717, 1.165) is 6.20 Å². The summed E-state index contributed by atoms with van der Waals surface area (Å²) in [6.07, 6.45) is 1.04. The fourth-order valence-electron chi connectivity index (χ4n) is 1.39. The Balaban J connectivity index is 2.39. The molecule has 0 spiro atoms. The number of aromatic nitrogens is 1. The van der Waals surface area contributed by atoms with E-state index < -0.39 is 5.82 Å². The predicted octanol–water partition coefficient (Wildman–Crippen LogP) is 4.54. The Morgan fingerprint density at radius 2 is 2.00 bits per heavy atom. The van der Waals surface area contributed by atoms with Crippen LogP contribution in [-0.4, -0.2) is 4.98 Å². The molecule has 0 bridgehead atoms. The molecule has 0 atom stereocenters. The molecule has 0 saturated heterocycles. The molecule has 1 heterocycles. The standard InChI is InChI=1S/C12H8BrCl2FN2O/c13-8-2-10(15)11(3-9(8)14)19-12-6(4-17)1-7(16)5-18-12/h1-3,5H,4,17H2. The number of hydrogen-bond donors (Lipinski definition) is 1. The van der Waals surface area contributed by atoms with Crippen molar-refractivity contribution in [1.29, 1.82) is 0 Å². The molecule has 2 aromatic rings. The van der Waals surface area contributed by atoms with Gasteiger partial charge in [-0.2, -0.15) is 0 Å². The van der Waals surface area contributed by atoms with Crippen LogP contribution in [0.25, 0.3) is 0 Å². The molecule has 0 unspecified atom stereocenters. The van der Waals surface area contributed by atoms with Gasteiger partial charge in [0.1, 0.15) is 11.6 Å². The summed E-state index contributed by atoms with van der Waals surface area (Å²) in [5.74, 6) is 0.0422. The highest BCUT2D eigenvalue weighted by atomic mass is 79.9. The van der Waals surface area contributed by atoms with Gasteiger partial charge in [0.2, 0.25) is 5.88 Å². The first-order valence-corrected chi connectivity index (χ1v) is 6.73. The van der Waals surface area contributed by atoms with Gasteiger partial charge in [-0.05, 0) is 28.1 Å². The van der Waals surface area contributed by atoms with E-state index in [9.17, 15) is 4.39 Å². The van der Waals surface area contributed by atoms with Gasteiger partial charge in [0.05, 0.1) is 16.2 Å². The average Bonchev–Trinajstić information content (AvgIpc) is 2.37. The van der Waals surface area contributed by atoms with Gasteiger partial charge in [-0.15, -0.1) is 0 Å². The number of nitrogens with two attached hydrogens (primary N) is 1. The van der Waals surface area contributed by atoms with Crippen molar-refractivity contribution in [2.75, 3.05) is 0 Å². The van der Waals surface area contributed by atoms with E-state index in [2.05, 4.69) is 20.9 Å². The van der Waals surface area contributed by atoms with Gasteiger partial charge in [0.15, 0.2) is 0 Å². The van der Waals surface area contributed by atoms with E-state index in [0.29, 0.717) is 25.8 Å². The lowest BCUT2D eigenvalue weighted by molar-refractivity contribution is 0.452. The molecule has 0 aliphatic carbocycles. The maximum absolute atomic E-state index is 13.0. The van der Waals surface area contributed by atoms with E-state index in [1.807, 2.05) is 0 Å². The Bertz CT molecular complexity index is 625. The lowest BCUT2D eigenvalue weighted by Crippen LogP contribution is -2.02. The highest BCUT2D eigenvalue weighted by molar-refractivity contribution is 9.10. The highest BCUT2D eigenvalue weighted by Crippen LogP contribution is 2.36. The summed E-state index contributed by atoms with van der Waals surface area (Å²) in [4.78, 5) is 3.85. The van der Waals surface area contributed by atoms with Crippen LogP contribution in [0.1, 0.15) is 5.56 Å². The third-order valence-electron chi connectivity index (χ3n) is 2.29. The predicted molar refractivity (Wildman–Crippen MR) is 76.3 cm³/mol. The zero-order chi connectivity index (χ0) is 14.0. The van der Waals surface area contributed by atoms with E-state index in [4.69, 9.17) is 33.7 Å². The van der Waals surface area contributed by atoms with Crippen LogP contribution in [0, 0.1) is 5.82 Å². The van der Waals surface area contributed by atoms with Crippen LogP contribution >= 0.6 is 39.1 Å². The van der Waals surface area contributed by atoms with Crippen LogP contribution in [0.15, 0.2) is 28.9 Å². The lowest BCUT2D eigenvalue weighted by Gasteiger charge is -2.11. The Labute approximate surface area is 127 Å². The van der Waals surface area contributed by atoms with Gasteiger partial charge < -0.3 is 10.5 Å². The molecule has 2 N–H and O–H groups in total. The van der Waals surface area contributed by atoms with Crippen LogP contribution in [0.3, 0.4) is 0 Å². The molecule has 0 amide bonds. The molecular weight excluding hydrogens is 358 g/mol. The van der Waals surface area contributed by atoms with Gasteiger partial charge in [-0.25, -0.2) is 9.37 Å². The Morgan fingerprint density at radius 1 is 1.26 bits per heavy atom. The molecule has 7 heteroatoms. The van der Waals surface area contributed by atoms with Crippen molar-refractivity contribution in [1.82, 2.24) is 4.98 Å². The number of benzene rings is 1. The summed E-state index contributed by atoms with van der Waals surface area (Å²) in [5.41, 5.74) is 5.95. The Kier molecular flexibility index (Phi) is 4.62. The Morgan fingerprint density at radius 3 is 2.68 bits per heavy atom. The zero-order valence-corrected chi connectivity index (χ0v) is 12.6. The first-order chi connectivity index (χ1) is 9.01. The lowest BCUT2D eigenvalue weighted by atomic mass is 10.2. The SMILES string of the molecule is NCc1cc(F)cnc1Oc1cc(Cl)c(Br)cc1Cl. The molecule has 3 nitrogen and oxygen atoms in total. The number of hydrogen-bond acceptors (Lipinski definition) is 3. The Hall–Kier alpha value is -0.880. The van der Waals surface area contributed by atoms with E-state index >= 15 is 0 Å². The van der Waals surface area contributed by atoms with Crippen molar-refractivity contribution < 1.29 is 9.13 Å². The van der Waals surface area contributed by atoms with E-state index in [1.165, 1.54) is 6.07 Å². The first kappa shape index (κ1) is 14.5. The van der Waals surface area contributed by atoms with Gasteiger partial charge in [0.25, 0.3) is 0 Å². The van der Waals surface area contributed by atoms with Crippen molar-refractivity contribution in [3.05, 3.63) is 50.3 Å². The van der Waals surface area contributed by atoms with Crippen molar-refractivity contribution in [3.8, 4) is 11.6 Å².